The number of rotatable bonds is 1. The van der Waals surface area contributed by atoms with E-state index >= 15 is 0 Å². The van der Waals surface area contributed by atoms with Gasteiger partial charge in [-0.3, -0.25) is 5.10 Å². The van der Waals surface area contributed by atoms with Crippen LogP contribution in [-0.2, 0) is 10.0 Å². The molecular formula is C13H15N3O3S. The average Bonchev–Trinajstić information content (AvgIpc) is 2.77. The smallest absolute Gasteiger partial charge is 0.283 e. The van der Waals surface area contributed by atoms with Gasteiger partial charge in [0.25, 0.3) is 10.0 Å². The molecule has 0 atom stereocenters. The van der Waals surface area contributed by atoms with E-state index in [1.807, 2.05) is 20.8 Å². The molecule has 6 nitrogen and oxygen atoms in total. The van der Waals surface area contributed by atoms with Gasteiger partial charge in [-0.25, -0.2) is 0 Å². The molecule has 1 aliphatic rings. The Morgan fingerprint density at radius 1 is 1.25 bits per heavy atom. The highest BCUT2D eigenvalue weighted by atomic mass is 32.2. The number of nitrogens with zero attached hydrogens (tertiary/aromatic N) is 2. The van der Waals surface area contributed by atoms with Crippen molar-refractivity contribution in [2.24, 2.45) is 9.81 Å². The Kier molecular flexibility index (Phi) is 2.50. The molecule has 0 saturated heterocycles. The van der Waals surface area contributed by atoms with Gasteiger partial charge in [-0.2, -0.15) is 17.9 Å². The van der Waals surface area contributed by atoms with Gasteiger partial charge in [0.15, 0.2) is 0 Å². The van der Waals surface area contributed by atoms with Gasteiger partial charge in [-0.15, -0.1) is 0 Å². The molecule has 0 unspecified atom stereocenters. The second-order valence-electron chi connectivity index (χ2n) is 5.75. The fourth-order valence-corrected chi connectivity index (χ4v) is 3.74. The highest BCUT2D eigenvalue weighted by molar-refractivity contribution is 7.90. The van der Waals surface area contributed by atoms with Crippen LogP contribution in [0.1, 0.15) is 26.5 Å². The number of nitrogens with one attached hydrogen (secondary N) is 1. The number of hydrogen-bond acceptors (Lipinski definition) is 4. The molecule has 1 N–H and O–H groups in total. The number of ether oxygens (including phenoxy) is 1. The third-order valence-corrected chi connectivity index (χ3v) is 4.61. The van der Waals surface area contributed by atoms with E-state index in [-0.39, 0.29) is 4.90 Å². The van der Waals surface area contributed by atoms with Crippen molar-refractivity contribution in [3.05, 3.63) is 17.8 Å². The quantitative estimate of drug-likeness (QED) is 0.872. The van der Waals surface area contributed by atoms with Crippen molar-refractivity contribution in [3.63, 3.8) is 0 Å². The van der Waals surface area contributed by atoms with Crippen molar-refractivity contribution in [2.75, 3.05) is 7.11 Å². The molecule has 2 heterocycles. The van der Waals surface area contributed by atoms with Crippen LogP contribution in [-0.4, -0.2) is 31.4 Å². The van der Waals surface area contributed by atoms with Crippen LogP contribution in [0.4, 0.5) is 0 Å². The van der Waals surface area contributed by atoms with Crippen LogP contribution in [0.5, 0.6) is 5.75 Å². The summed E-state index contributed by atoms with van der Waals surface area (Å²) >= 11 is 0. The van der Waals surface area contributed by atoms with Gasteiger partial charge < -0.3 is 4.74 Å². The maximum atomic E-state index is 12.3. The van der Waals surface area contributed by atoms with Crippen molar-refractivity contribution >= 4 is 26.6 Å². The largest absolute Gasteiger partial charge is 0.494 e. The standard InChI is InChI=1S/C13H15N3O3S/c1-13(2,3)12-11-9-8(20(17,18)16-12)6-5-7(19-4)10(9)14-15-11/h5-6H,1-4H3,(H,14,15). The summed E-state index contributed by atoms with van der Waals surface area (Å²) in [4.78, 5) is 0.171. The number of hydrogen-bond donors (Lipinski definition) is 1. The molecule has 0 fully saturated rings. The maximum absolute atomic E-state index is 12.3. The predicted molar refractivity (Wildman–Crippen MR) is 75.8 cm³/mol. The van der Waals surface area contributed by atoms with E-state index < -0.39 is 15.4 Å². The van der Waals surface area contributed by atoms with Crippen molar-refractivity contribution in [2.45, 2.75) is 25.7 Å². The van der Waals surface area contributed by atoms with Gasteiger partial charge >= 0.3 is 0 Å². The van der Waals surface area contributed by atoms with Crippen LogP contribution >= 0.6 is 0 Å². The molecule has 0 amide bonds. The number of H-pyrrole nitrogens is 1. The molecule has 106 valence electrons. The Balaban J connectivity index is 2.48. The first-order chi connectivity index (χ1) is 9.25. The first-order valence-electron chi connectivity index (χ1n) is 6.16. The zero-order valence-electron chi connectivity index (χ0n) is 11.7. The summed E-state index contributed by atoms with van der Waals surface area (Å²) < 4.78 is 33.9. The van der Waals surface area contributed by atoms with E-state index in [0.29, 0.717) is 28.1 Å². The summed E-state index contributed by atoms with van der Waals surface area (Å²) in [6.45, 7) is 5.73. The van der Waals surface area contributed by atoms with Crippen LogP contribution in [0.3, 0.4) is 0 Å². The molecule has 0 spiro atoms. The normalized spacial score (nSPS) is 17.1. The van der Waals surface area contributed by atoms with E-state index in [1.54, 1.807) is 6.07 Å². The zero-order chi connectivity index (χ0) is 14.7. The van der Waals surface area contributed by atoms with E-state index in [9.17, 15) is 8.42 Å². The van der Waals surface area contributed by atoms with Gasteiger partial charge in [0.1, 0.15) is 21.9 Å². The summed E-state index contributed by atoms with van der Waals surface area (Å²) in [5.74, 6) is 0.563. The Bertz CT molecular complexity index is 842. The van der Waals surface area contributed by atoms with E-state index in [1.165, 1.54) is 13.2 Å². The van der Waals surface area contributed by atoms with E-state index in [4.69, 9.17) is 4.74 Å². The third-order valence-electron chi connectivity index (χ3n) is 3.29. The minimum atomic E-state index is -3.70. The van der Waals surface area contributed by atoms with Crippen LogP contribution in [0.15, 0.2) is 21.4 Å². The van der Waals surface area contributed by atoms with Gasteiger partial charge in [-0.1, -0.05) is 20.8 Å². The van der Waals surface area contributed by atoms with Crippen LogP contribution in [0.25, 0.3) is 10.9 Å². The van der Waals surface area contributed by atoms with E-state index in [0.717, 1.165) is 0 Å². The molecule has 0 aliphatic carbocycles. The number of benzene rings is 1. The van der Waals surface area contributed by atoms with Crippen LogP contribution in [0.2, 0.25) is 0 Å². The minimum absolute atomic E-state index is 0.171. The van der Waals surface area contributed by atoms with E-state index in [2.05, 4.69) is 14.6 Å². The van der Waals surface area contributed by atoms with Crippen molar-refractivity contribution in [1.29, 1.82) is 0 Å². The molecule has 0 radical (unpaired) electrons. The lowest BCUT2D eigenvalue weighted by Crippen LogP contribution is -2.26. The molecule has 3 rings (SSSR count). The van der Waals surface area contributed by atoms with Gasteiger partial charge in [0.2, 0.25) is 0 Å². The number of aromatic amines is 1. The fraction of sp³-hybridized carbons (Fsp3) is 0.385. The maximum Gasteiger partial charge on any atom is 0.283 e. The lowest BCUT2D eigenvalue weighted by Gasteiger charge is -2.23. The zero-order valence-corrected chi connectivity index (χ0v) is 12.5. The average molecular weight is 293 g/mol. The summed E-state index contributed by atoms with van der Waals surface area (Å²) in [5, 5.41) is 7.67. The van der Waals surface area contributed by atoms with Crippen LogP contribution in [0, 0.1) is 5.41 Å². The Morgan fingerprint density at radius 2 is 1.95 bits per heavy atom. The molecule has 20 heavy (non-hydrogen) atoms. The SMILES string of the molecule is COc1ccc2c3c(n[nH]c13)C(C(C)(C)C)=NS2(=O)=O. The Hall–Kier alpha value is -1.89. The van der Waals surface area contributed by atoms with Crippen LogP contribution < -0.4 is 4.74 Å². The topological polar surface area (TPSA) is 84.4 Å². The lowest BCUT2D eigenvalue weighted by atomic mass is 9.87. The molecule has 1 aliphatic heterocycles. The number of sulfonamides is 1. The highest BCUT2D eigenvalue weighted by Crippen LogP contribution is 2.38. The Labute approximate surface area is 116 Å². The minimum Gasteiger partial charge on any atom is -0.494 e. The molecule has 0 saturated carbocycles. The molecule has 0 bridgehead atoms. The summed E-state index contributed by atoms with van der Waals surface area (Å²) in [7, 11) is -2.17. The summed E-state index contributed by atoms with van der Waals surface area (Å²) in [5.41, 5.74) is 1.21. The Morgan fingerprint density at radius 3 is 2.55 bits per heavy atom. The first kappa shape index (κ1) is 13.1. The molecule has 7 heteroatoms. The van der Waals surface area contributed by atoms with Gasteiger partial charge in [0.05, 0.1) is 18.2 Å². The lowest BCUT2D eigenvalue weighted by molar-refractivity contribution is 0.418. The van der Waals surface area contributed by atoms with Crippen molar-refractivity contribution in [1.82, 2.24) is 10.2 Å². The summed E-state index contributed by atoms with van der Waals surface area (Å²) in [6.07, 6.45) is 0. The molecule has 1 aromatic carbocycles. The number of aromatic nitrogens is 2. The van der Waals surface area contributed by atoms with Crippen molar-refractivity contribution < 1.29 is 13.2 Å². The second kappa shape index (κ2) is 3.82. The fourth-order valence-electron chi connectivity index (χ4n) is 2.34. The second-order valence-corrected chi connectivity index (χ2v) is 7.33. The predicted octanol–water partition coefficient (Wildman–Crippen LogP) is 2.11. The molecule has 1 aromatic heterocycles. The number of methoxy groups -OCH3 is 1. The third kappa shape index (κ3) is 1.66. The highest BCUT2D eigenvalue weighted by Gasteiger charge is 2.35. The van der Waals surface area contributed by atoms with Crippen molar-refractivity contribution in [3.8, 4) is 5.75 Å². The molecule has 2 aromatic rings. The first-order valence-corrected chi connectivity index (χ1v) is 7.60. The summed E-state index contributed by atoms with van der Waals surface area (Å²) in [6, 6.07) is 3.12. The monoisotopic (exact) mass is 293 g/mol. The van der Waals surface area contributed by atoms with Gasteiger partial charge in [0, 0.05) is 5.41 Å². The molecular weight excluding hydrogens is 278 g/mol. The van der Waals surface area contributed by atoms with Gasteiger partial charge in [-0.05, 0) is 12.1 Å².